The van der Waals surface area contributed by atoms with Gasteiger partial charge in [-0.05, 0) is 63.3 Å². The molecule has 35 heavy (non-hydrogen) atoms. The summed E-state index contributed by atoms with van der Waals surface area (Å²) in [4.78, 5) is 12.6. The minimum absolute atomic E-state index is 0.0455. The molecule has 1 aromatic heterocycles. The summed E-state index contributed by atoms with van der Waals surface area (Å²) in [6.45, 7) is 7.14. The highest BCUT2D eigenvalue weighted by atomic mass is 32.2. The first-order valence-electron chi connectivity index (χ1n) is 12.0. The zero-order valence-corrected chi connectivity index (χ0v) is 21.2. The quantitative estimate of drug-likeness (QED) is 0.360. The SMILES string of the molecule is CCOc1cc(-c2nnc(SCC(=O)NC3CCCc4ccccc43)o2)cc(OCC)c1OCC. The van der Waals surface area contributed by atoms with E-state index >= 15 is 0 Å². The van der Waals surface area contributed by atoms with Crippen molar-refractivity contribution in [1.29, 1.82) is 0 Å². The number of aromatic nitrogens is 2. The van der Waals surface area contributed by atoms with Crippen LogP contribution in [0.15, 0.2) is 46.0 Å². The number of benzene rings is 2. The summed E-state index contributed by atoms with van der Waals surface area (Å²) in [5, 5.41) is 11.7. The van der Waals surface area contributed by atoms with Crippen LogP contribution < -0.4 is 19.5 Å². The summed E-state index contributed by atoms with van der Waals surface area (Å²) in [5.74, 6) is 2.10. The first kappa shape index (κ1) is 24.9. The fraction of sp³-hybridized carbons (Fsp3) is 0.423. The van der Waals surface area contributed by atoms with E-state index in [1.807, 2.05) is 32.9 Å². The molecule has 8 nitrogen and oxygen atoms in total. The molecular weight excluding hydrogens is 466 g/mol. The van der Waals surface area contributed by atoms with E-state index in [2.05, 4.69) is 27.6 Å². The number of amides is 1. The Hall–Kier alpha value is -3.20. The summed E-state index contributed by atoms with van der Waals surface area (Å²) in [6.07, 6.45) is 3.07. The molecule has 0 saturated heterocycles. The maximum atomic E-state index is 12.6. The molecule has 0 bridgehead atoms. The zero-order chi connectivity index (χ0) is 24.6. The molecule has 4 rings (SSSR count). The lowest BCUT2D eigenvalue weighted by atomic mass is 9.88. The summed E-state index contributed by atoms with van der Waals surface area (Å²) in [5.41, 5.74) is 3.18. The Kier molecular flexibility index (Phi) is 8.52. The van der Waals surface area contributed by atoms with Crippen LogP contribution in [-0.2, 0) is 11.2 Å². The van der Waals surface area contributed by atoms with Gasteiger partial charge in [0.15, 0.2) is 11.5 Å². The van der Waals surface area contributed by atoms with Gasteiger partial charge in [0, 0.05) is 5.56 Å². The maximum Gasteiger partial charge on any atom is 0.277 e. The van der Waals surface area contributed by atoms with Gasteiger partial charge in [-0.2, -0.15) is 0 Å². The Balaban J connectivity index is 1.43. The van der Waals surface area contributed by atoms with Crippen molar-refractivity contribution in [3.63, 3.8) is 0 Å². The number of hydrogen-bond acceptors (Lipinski definition) is 8. The summed E-state index contributed by atoms with van der Waals surface area (Å²) < 4.78 is 23.1. The number of carbonyl (C=O) groups is 1. The number of ether oxygens (including phenoxy) is 3. The molecule has 0 spiro atoms. The van der Waals surface area contributed by atoms with Crippen molar-refractivity contribution in [2.75, 3.05) is 25.6 Å². The lowest BCUT2D eigenvalue weighted by Crippen LogP contribution is -2.32. The predicted octanol–water partition coefficient (Wildman–Crippen LogP) is 5.22. The fourth-order valence-electron chi connectivity index (χ4n) is 4.16. The number of carbonyl (C=O) groups excluding carboxylic acids is 1. The molecule has 0 fully saturated rings. The van der Waals surface area contributed by atoms with Gasteiger partial charge in [-0.3, -0.25) is 4.79 Å². The number of fused-ring (bicyclic) bond motifs is 1. The van der Waals surface area contributed by atoms with Crippen LogP contribution in [0.4, 0.5) is 0 Å². The Labute approximate surface area is 209 Å². The van der Waals surface area contributed by atoms with E-state index in [9.17, 15) is 4.79 Å². The Morgan fingerprint density at radius 3 is 2.49 bits per heavy atom. The van der Waals surface area contributed by atoms with Crippen LogP contribution in [-0.4, -0.2) is 41.7 Å². The number of nitrogens with zero attached hydrogens (tertiary/aromatic N) is 2. The van der Waals surface area contributed by atoms with Crippen LogP contribution in [0.3, 0.4) is 0 Å². The van der Waals surface area contributed by atoms with Crippen molar-refractivity contribution in [2.45, 2.75) is 51.3 Å². The van der Waals surface area contributed by atoms with Gasteiger partial charge in [0.25, 0.3) is 5.22 Å². The number of rotatable bonds is 11. The van der Waals surface area contributed by atoms with E-state index in [1.165, 1.54) is 22.9 Å². The van der Waals surface area contributed by atoms with Crippen LogP contribution in [0.25, 0.3) is 11.5 Å². The van der Waals surface area contributed by atoms with Gasteiger partial charge in [0.2, 0.25) is 17.5 Å². The van der Waals surface area contributed by atoms with E-state index in [0.717, 1.165) is 19.3 Å². The molecule has 1 N–H and O–H groups in total. The molecule has 9 heteroatoms. The fourth-order valence-corrected chi connectivity index (χ4v) is 4.74. The van der Waals surface area contributed by atoms with Crippen LogP contribution in [0.5, 0.6) is 17.2 Å². The van der Waals surface area contributed by atoms with E-state index in [1.54, 1.807) is 12.1 Å². The van der Waals surface area contributed by atoms with Gasteiger partial charge in [-0.25, -0.2) is 0 Å². The first-order valence-corrected chi connectivity index (χ1v) is 13.0. The molecule has 1 aliphatic carbocycles. The number of nitrogens with one attached hydrogen (secondary N) is 1. The molecule has 1 aliphatic rings. The average molecular weight is 498 g/mol. The summed E-state index contributed by atoms with van der Waals surface area (Å²) in [7, 11) is 0. The highest BCUT2D eigenvalue weighted by Crippen LogP contribution is 2.42. The van der Waals surface area contributed by atoms with Crippen molar-refractivity contribution in [2.24, 2.45) is 0 Å². The van der Waals surface area contributed by atoms with Crippen LogP contribution in [0.1, 0.15) is 50.8 Å². The minimum Gasteiger partial charge on any atom is -0.490 e. The highest BCUT2D eigenvalue weighted by molar-refractivity contribution is 7.99. The molecule has 3 aromatic rings. The molecular formula is C26H31N3O5S. The largest absolute Gasteiger partial charge is 0.490 e. The van der Waals surface area contributed by atoms with E-state index in [-0.39, 0.29) is 17.7 Å². The van der Waals surface area contributed by atoms with Gasteiger partial charge in [0.1, 0.15) is 0 Å². The highest BCUT2D eigenvalue weighted by Gasteiger charge is 2.22. The van der Waals surface area contributed by atoms with Gasteiger partial charge >= 0.3 is 0 Å². The molecule has 0 radical (unpaired) electrons. The third kappa shape index (κ3) is 6.08. The molecule has 0 aliphatic heterocycles. The molecule has 0 saturated carbocycles. The maximum absolute atomic E-state index is 12.6. The van der Waals surface area contributed by atoms with Crippen molar-refractivity contribution in [1.82, 2.24) is 15.5 Å². The molecule has 1 heterocycles. The van der Waals surface area contributed by atoms with Crippen LogP contribution in [0, 0.1) is 0 Å². The Morgan fingerprint density at radius 1 is 1.06 bits per heavy atom. The molecule has 1 unspecified atom stereocenters. The number of hydrogen-bond donors (Lipinski definition) is 1. The van der Waals surface area contributed by atoms with Crippen LogP contribution in [0.2, 0.25) is 0 Å². The van der Waals surface area contributed by atoms with E-state index in [0.29, 0.717) is 53.7 Å². The zero-order valence-electron chi connectivity index (χ0n) is 20.3. The standard InChI is InChI=1S/C26H31N3O5S/c1-4-31-21-14-18(15-22(32-5-2)24(21)33-6-3)25-28-29-26(34-25)35-16-23(30)27-20-13-9-11-17-10-7-8-12-19(17)20/h7-8,10,12,14-15,20H,4-6,9,11,13,16H2,1-3H3,(H,27,30). The van der Waals surface area contributed by atoms with E-state index in [4.69, 9.17) is 18.6 Å². The summed E-state index contributed by atoms with van der Waals surface area (Å²) >= 11 is 1.21. The molecule has 186 valence electrons. The van der Waals surface area contributed by atoms with Gasteiger partial charge < -0.3 is 23.9 Å². The third-order valence-corrected chi connectivity index (χ3v) is 6.41. The van der Waals surface area contributed by atoms with Crippen molar-refractivity contribution < 1.29 is 23.4 Å². The van der Waals surface area contributed by atoms with Crippen molar-refractivity contribution in [3.8, 4) is 28.7 Å². The molecule has 1 amide bonds. The minimum atomic E-state index is -0.0604. The van der Waals surface area contributed by atoms with Crippen LogP contribution >= 0.6 is 11.8 Å². The smallest absolute Gasteiger partial charge is 0.277 e. The average Bonchev–Trinajstić information content (AvgIpc) is 3.34. The molecule has 2 aromatic carbocycles. The lowest BCUT2D eigenvalue weighted by Gasteiger charge is -2.26. The predicted molar refractivity (Wildman–Crippen MR) is 134 cm³/mol. The van der Waals surface area contributed by atoms with Gasteiger partial charge in [-0.1, -0.05) is 36.0 Å². The second-order valence-electron chi connectivity index (χ2n) is 7.97. The monoisotopic (exact) mass is 497 g/mol. The second-order valence-corrected chi connectivity index (χ2v) is 8.90. The lowest BCUT2D eigenvalue weighted by molar-refractivity contribution is -0.119. The molecule has 1 atom stereocenters. The second kappa shape index (κ2) is 12.0. The number of aryl methyl sites for hydroxylation is 1. The third-order valence-electron chi connectivity index (χ3n) is 5.59. The summed E-state index contributed by atoms with van der Waals surface area (Å²) in [6, 6.07) is 11.9. The van der Waals surface area contributed by atoms with Crippen molar-refractivity contribution in [3.05, 3.63) is 47.5 Å². The normalized spacial score (nSPS) is 14.8. The van der Waals surface area contributed by atoms with E-state index < -0.39 is 0 Å². The number of thioether (sulfide) groups is 1. The van der Waals surface area contributed by atoms with Gasteiger partial charge in [-0.15, -0.1) is 10.2 Å². The topological polar surface area (TPSA) is 95.7 Å². The Bertz CT molecular complexity index is 1120. The van der Waals surface area contributed by atoms with Gasteiger partial charge in [0.05, 0.1) is 31.6 Å². The first-order chi connectivity index (χ1) is 17.1. The van der Waals surface area contributed by atoms with Crippen molar-refractivity contribution >= 4 is 17.7 Å². The Morgan fingerprint density at radius 2 is 1.77 bits per heavy atom.